The average molecular weight is 251 g/mol. The van der Waals surface area contributed by atoms with Crippen molar-refractivity contribution < 1.29 is 9.84 Å². The molecule has 2 rings (SSSR count). The highest BCUT2D eigenvalue weighted by Gasteiger charge is 2.33. The minimum absolute atomic E-state index is 0.119. The molecule has 1 aliphatic rings. The first-order valence-electron chi connectivity index (χ1n) is 6.55. The fourth-order valence-electron chi connectivity index (χ4n) is 2.43. The van der Waals surface area contributed by atoms with Gasteiger partial charge < -0.3 is 15.2 Å². The van der Waals surface area contributed by atoms with E-state index in [0.29, 0.717) is 18.4 Å². The molecule has 0 spiro atoms. The van der Waals surface area contributed by atoms with Gasteiger partial charge in [-0.1, -0.05) is 12.8 Å². The highest BCUT2D eigenvalue weighted by atomic mass is 16.5. The topological polar surface area (TPSA) is 67.3 Å². The van der Waals surface area contributed by atoms with Gasteiger partial charge in [-0.3, -0.25) is 0 Å². The Labute approximate surface area is 108 Å². The van der Waals surface area contributed by atoms with Crippen LogP contribution in [-0.4, -0.2) is 33.8 Å². The summed E-state index contributed by atoms with van der Waals surface area (Å²) in [6.45, 7) is 4.54. The Kier molecular flexibility index (Phi) is 4.01. The number of ether oxygens (including phenoxy) is 1. The molecule has 1 saturated carbocycles. The van der Waals surface area contributed by atoms with Gasteiger partial charge in [-0.25, -0.2) is 4.98 Å². The Balaban J connectivity index is 2.17. The predicted octanol–water partition coefficient (Wildman–Crippen LogP) is 1.90. The second-order valence-electron chi connectivity index (χ2n) is 4.87. The summed E-state index contributed by atoms with van der Waals surface area (Å²) >= 11 is 0. The van der Waals surface area contributed by atoms with E-state index in [1.807, 2.05) is 19.9 Å². The van der Waals surface area contributed by atoms with Crippen molar-refractivity contribution in [2.24, 2.45) is 0 Å². The van der Waals surface area contributed by atoms with Crippen LogP contribution in [0, 0.1) is 6.92 Å². The van der Waals surface area contributed by atoms with E-state index in [9.17, 15) is 5.11 Å². The summed E-state index contributed by atoms with van der Waals surface area (Å²) in [5.41, 5.74) is 0.610. The molecule has 5 nitrogen and oxygen atoms in total. The summed E-state index contributed by atoms with van der Waals surface area (Å²) in [7, 11) is 0. The fraction of sp³-hybridized carbons (Fsp3) is 0.692. The molecule has 2 N–H and O–H groups in total. The number of nitrogens with one attached hydrogen (secondary N) is 1. The smallest absolute Gasteiger partial charge is 0.226 e. The van der Waals surface area contributed by atoms with E-state index >= 15 is 0 Å². The third-order valence-electron chi connectivity index (χ3n) is 3.36. The van der Waals surface area contributed by atoms with Crippen LogP contribution in [-0.2, 0) is 0 Å². The van der Waals surface area contributed by atoms with Gasteiger partial charge in [0.1, 0.15) is 0 Å². The zero-order chi connectivity index (χ0) is 13.0. The van der Waals surface area contributed by atoms with Crippen molar-refractivity contribution in [3.8, 4) is 5.88 Å². The monoisotopic (exact) mass is 251 g/mol. The van der Waals surface area contributed by atoms with Crippen LogP contribution in [0.3, 0.4) is 0 Å². The molecular formula is C13H21N3O2. The molecule has 100 valence electrons. The Bertz CT molecular complexity index is 403. The van der Waals surface area contributed by atoms with Crippen LogP contribution in [0.1, 0.15) is 38.3 Å². The number of aryl methyl sites for hydroxylation is 1. The summed E-state index contributed by atoms with van der Waals surface area (Å²) in [5.74, 6) is 1.13. The Morgan fingerprint density at radius 2 is 2.11 bits per heavy atom. The van der Waals surface area contributed by atoms with Crippen LogP contribution in [0.2, 0.25) is 0 Å². The normalized spacial score (nSPS) is 17.7. The van der Waals surface area contributed by atoms with Crippen LogP contribution in [0.5, 0.6) is 5.88 Å². The highest BCUT2D eigenvalue weighted by Crippen LogP contribution is 2.32. The SMILES string of the molecule is CCOc1cc(C)nc(NC2(CO)CCCC2)n1. The third kappa shape index (κ3) is 2.90. The van der Waals surface area contributed by atoms with Crippen LogP contribution >= 0.6 is 0 Å². The number of aromatic nitrogens is 2. The fourth-order valence-corrected chi connectivity index (χ4v) is 2.43. The first-order chi connectivity index (χ1) is 8.67. The summed E-state index contributed by atoms with van der Waals surface area (Å²) in [5, 5.41) is 12.9. The van der Waals surface area contributed by atoms with Gasteiger partial charge >= 0.3 is 0 Å². The molecule has 1 aromatic rings. The maximum atomic E-state index is 9.57. The van der Waals surface area contributed by atoms with Gasteiger partial charge in [0.2, 0.25) is 11.8 Å². The Hall–Kier alpha value is -1.36. The van der Waals surface area contributed by atoms with Gasteiger partial charge in [-0.05, 0) is 26.7 Å². The van der Waals surface area contributed by atoms with E-state index < -0.39 is 0 Å². The van der Waals surface area contributed by atoms with Crippen molar-refractivity contribution in [2.75, 3.05) is 18.5 Å². The van der Waals surface area contributed by atoms with Crippen molar-refractivity contribution in [2.45, 2.75) is 45.1 Å². The van der Waals surface area contributed by atoms with Gasteiger partial charge in [0.25, 0.3) is 0 Å². The molecule has 0 amide bonds. The number of hydrogen-bond donors (Lipinski definition) is 2. The first-order valence-corrected chi connectivity index (χ1v) is 6.55. The largest absolute Gasteiger partial charge is 0.478 e. The van der Waals surface area contributed by atoms with Crippen LogP contribution in [0.4, 0.5) is 5.95 Å². The Morgan fingerprint density at radius 1 is 1.39 bits per heavy atom. The molecule has 0 bridgehead atoms. The molecule has 1 aromatic heterocycles. The predicted molar refractivity (Wildman–Crippen MR) is 69.8 cm³/mol. The summed E-state index contributed by atoms with van der Waals surface area (Å²) < 4.78 is 5.40. The van der Waals surface area contributed by atoms with E-state index in [4.69, 9.17) is 4.74 Å². The molecule has 5 heteroatoms. The van der Waals surface area contributed by atoms with Gasteiger partial charge in [0, 0.05) is 11.8 Å². The van der Waals surface area contributed by atoms with Crippen LogP contribution < -0.4 is 10.1 Å². The zero-order valence-electron chi connectivity index (χ0n) is 11.1. The number of hydrogen-bond acceptors (Lipinski definition) is 5. The quantitative estimate of drug-likeness (QED) is 0.836. The van der Waals surface area contributed by atoms with Crippen molar-refractivity contribution in [1.29, 1.82) is 0 Å². The number of aliphatic hydroxyl groups is 1. The first kappa shape index (κ1) is 13.1. The summed E-state index contributed by atoms with van der Waals surface area (Å²) in [4.78, 5) is 8.68. The average Bonchev–Trinajstić information content (AvgIpc) is 2.78. The summed E-state index contributed by atoms with van der Waals surface area (Å²) in [6.07, 6.45) is 4.20. The van der Waals surface area contributed by atoms with Crippen LogP contribution in [0.25, 0.3) is 0 Å². The van der Waals surface area contributed by atoms with Gasteiger partial charge in [-0.2, -0.15) is 4.98 Å². The second-order valence-corrected chi connectivity index (χ2v) is 4.87. The lowest BCUT2D eigenvalue weighted by molar-refractivity contribution is 0.213. The van der Waals surface area contributed by atoms with E-state index in [0.717, 1.165) is 31.4 Å². The molecule has 0 saturated heterocycles. The maximum absolute atomic E-state index is 9.57. The van der Waals surface area contributed by atoms with Gasteiger partial charge in [0.05, 0.1) is 18.8 Å². The highest BCUT2D eigenvalue weighted by molar-refractivity contribution is 5.34. The van der Waals surface area contributed by atoms with E-state index in [1.54, 1.807) is 0 Å². The van der Waals surface area contributed by atoms with Crippen molar-refractivity contribution in [1.82, 2.24) is 9.97 Å². The van der Waals surface area contributed by atoms with E-state index in [1.165, 1.54) is 0 Å². The maximum Gasteiger partial charge on any atom is 0.226 e. The molecule has 1 heterocycles. The molecule has 0 radical (unpaired) electrons. The lowest BCUT2D eigenvalue weighted by Gasteiger charge is -2.28. The third-order valence-corrected chi connectivity index (χ3v) is 3.36. The van der Waals surface area contributed by atoms with Gasteiger partial charge in [0.15, 0.2) is 0 Å². The molecule has 0 atom stereocenters. The van der Waals surface area contributed by atoms with E-state index in [-0.39, 0.29) is 12.1 Å². The number of anilines is 1. The summed E-state index contributed by atoms with van der Waals surface area (Å²) in [6, 6.07) is 1.81. The van der Waals surface area contributed by atoms with Crippen LogP contribution in [0.15, 0.2) is 6.07 Å². The molecule has 0 aliphatic heterocycles. The molecule has 1 fully saturated rings. The molecular weight excluding hydrogens is 230 g/mol. The number of aliphatic hydroxyl groups excluding tert-OH is 1. The Morgan fingerprint density at radius 3 is 2.72 bits per heavy atom. The number of rotatable bonds is 5. The molecule has 1 aliphatic carbocycles. The molecule has 18 heavy (non-hydrogen) atoms. The lowest BCUT2D eigenvalue weighted by atomic mass is 9.99. The van der Waals surface area contributed by atoms with Crippen molar-refractivity contribution in [3.63, 3.8) is 0 Å². The molecule has 0 unspecified atom stereocenters. The standard InChI is InChI=1S/C13H21N3O2/c1-3-18-11-8-10(2)14-12(15-11)16-13(9-17)6-4-5-7-13/h8,17H,3-7,9H2,1-2H3,(H,14,15,16). The van der Waals surface area contributed by atoms with Crippen molar-refractivity contribution in [3.05, 3.63) is 11.8 Å². The minimum atomic E-state index is -0.253. The number of nitrogens with zero attached hydrogens (tertiary/aromatic N) is 2. The lowest BCUT2D eigenvalue weighted by Crippen LogP contribution is -2.39. The molecule has 0 aromatic carbocycles. The zero-order valence-corrected chi connectivity index (χ0v) is 11.1. The second kappa shape index (κ2) is 5.52. The van der Waals surface area contributed by atoms with E-state index in [2.05, 4.69) is 15.3 Å². The minimum Gasteiger partial charge on any atom is -0.478 e. The van der Waals surface area contributed by atoms with Crippen molar-refractivity contribution >= 4 is 5.95 Å². The van der Waals surface area contributed by atoms with Gasteiger partial charge in [-0.15, -0.1) is 0 Å².